The van der Waals surface area contributed by atoms with Crippen LogP contribution in [0, 0.1) is 13.8 Å². The van der Waals surface area contributed by atoms with Crippen molar-refractivity contribution in [2.45, 2.75) is 39.2 Å². The molecule has 0 aliphatic carbocycles. The maximum Gasteiger partial charge on any atom is 0.254 e. The molecule has 1 aromatic carbocycles. The van der Waals surface area contributed by atoms with Crippen LogP contribution in [0.1, 0.15) is 41.0 Å². The second-order valence-corrected chi connectivity index (χ2v) is 7.62. The molecule has 1 saturated heterocycles. The number of rotatable bonds is 4. The second kappa shape index (κ2) is 8.49. The number of nitrogens with one attached hydrogen (secondary N) is 1. The van der Waals surface area contributed by atoms with Crippen LogP contribution in [0.15, 0.2) is 54.9 Å². The normalized spacial score (nSPS) is 16.3. The van der Waals surface area contributed by atoms with E-state index in [-0.39, 0.29) is 11.8 Å². The van der Waals surface area contributed by atoms with E-state index in [2.05, 4.69) is 15.4 Å². The van der Waals surface area contributed by atoms with Crippen LogP contribution in [0.25, 0.3) is 5.69 Å². The molecule has 7 heteroatoms. The number of aryl methyl sites for hydroxylation is 2. The molecule has 1 N–H and O–H groups in total. The molecular formula is C23H25N5O2. The molecule has 2 aromatic heterocycles. The molecule has 30 heavy (non-hydrogen) atoms. The summed E-state index contributed by atoms with van der Waals surface area (Å²) in [5.74, 6) is -0.284. The molecule has 2 amide bonds. The average Bonchev–Trinajstić information content (AvgIpc) is 3.12. The Labute approximate surface area is 175 Å². The maximum atomic E-state index is 13.0. The zero-order chi connectivity index (χ0) is 21.1. The first-order valence-electron chi connectivity index (χ1n) is 10.2. The highest BCUT2D eigenvalue weighted by Crippen LogP contribution is 2.22. The minimum Gasteiger partial charge on any atom is -0.327 e. The Morgan fingerprint density at radius 3 is 2.43 bits per heavy atom. The lowest BCUT2D eigenvalue weighted by molar-refractivity contribution is -0.121. The number of amides is 2. The molecule has 1 atom stereocenters. The van der Waals surface area contributed by atoms with Gasteiger partial charge in [-0.2, -0.15) is 5.10 Å². The van der Waals surface area contributed by atoms with E-state index < -0.39 is 6.04 Å². The topological polar surface area (TPSA) is 80.1 Å². The minimum absolute atomic E-state index is 0.128. The Morgan fingerprint density at radius 1 is 1.03 bits per heavy atom. The monoisotopic (exact) mass is 403 g/mol. The van der Waals surface area contributed by atoms with E-state index in [1.807, 2.05) is 48.9 Å². The maximum absolute atomic E-state index is 13.0. The smallest absolute Gasteiger partial charge is 0.254 e. The Hall–Kier alpha value is -3.48. The number of carbonyl (C=O) groups excluding carboxylic acids is 2. The summed E-state index contributed by atoms with van der Waals surface area (Å²) in [4.78, 5) is 31.5. The van der Waals surface area contributed by atoms with Crippen LogP contribution < -0.4 is 5.32 Å². The van der Waals surface area contributed by atoms with Crippen LogP contribution in [0.4, 0.5) is 5.69 Å². The third kappa shape index (κ3) is 4.10. The van der Waals surface area contributed by atoms with Gasteiger partial charge in [0.05, 0.1) is 11.4 Å². The summed E-state index contributed by atoms with van der Waals surface area (Å²) in [6, 6.07) is 12.5. The van der Waals surface area contributed by atoms with Crippen LogP contribution in [0.2, 0.25) is 0 Å². The highest BCUT2D eigenvalue weighted by molar-refractivity contribution is 6.01. The van der Waals surface area contributed by atoms with Crippen molar-refractivity contribution in [2.24, 2.45) is 0 Å². The number of anilines is 1. The predicted octanol–water partition coefficient (Wildman–Crippen LogP) is 3.52. The molecule has 0 radical (unpaired) electrons. The summed E-state index contributed by atoms with van der Waals surface area (Å²) in [7, 11) is 0. The molecule has 0 saturated carbocycles. The van der Waals surface area contributed by atoms with Crippen molar-refractivity contribution < 1.29 is 9.59 Å². The lowest BCUT2D eigenvalue weighted by Gasteiger charge is -2.34. The Kier molecular flexibility index (Phi) is 5.61. The SMILES string of the molecule is Cc1cc(C)n(-c2ccc(NC(=O)[C@@H]3CCCCN3C(=O)c3ccncc3)cc2)n1. The molecule has 1 aliphatic heterocycles. The summed E-state index contributed by atoms with van der Waals surface area (Å²) in [5.41, 5.74) is 4.20. The fraction of sp³-hybridized carbons (Fsp3) is 0.304. The number of likely N-dealkylation sites (tertiary alicyclic amines) is 1. The number of benzene rings is 1. The van der Waals surface area contributed by atoms with Gasteiger partial charge < -0.3 is 10.2 Å². The average molecular weight is 403 g/mol. The van der Waals surface area contributed by atoms with E-state index in [1.165, 1.54) is 0 Å². The van der Waals surface area contributed by atoms with Crippen LogP contribution >= 0.6 is 0 Å². The number of nitrogens with zero attached hydrogens (tertiary/aromatic N) is 4. The lowest BCUT2D eigenvalue weighted by Crippen LogP contribution is -2.50. The third-order valence-electron chi connectivity index (χ3n) is 5.38. The van der Waals surface area contributed by atoms with E-state index in [9.17, 15) is 9.59 Å². The van der Waals surface area contributed by atoms with Crippen molar-refractivity contribution in [3.8, 4) is 5.69 Å². The molecular weight excluding hydrogens is 378 g/mol. The van der Waals surface area contributed by atoms with Gasteiger partial charge in [0.1, 0.15) is 6.04 Å². The number of hydrogen-bond donors (Lipinski definition) is 1. The second-order valence-electron chi connectivity index (χ2n) is 7.62. The molecule has 1 fully saturated rings. The summed E-state index contributed by atoms with van der Waals surface area (Å²) in [6.07, 6.45) is 5.67. The number of carbonyl (C=O) groups is 2. The Balaban J connectivity index is 1.48. The summed E-state index contributed by atoms with van der Waals surface area (Å²) < 4.78 is 1.87. The standard InChI is InChI=1S/C23H25N5O2/c1-16-15-17(2)28(26-16)20-8-6-19(7-9-20)25-22(29)21-5-3-4-14-27(21)23(30)18-10-12-24-13-11-18/h6-13,15,21H,3-5,14H2,1-2H3,(H,25,29)/t21-/m0/s1. The van der Waals surface area contributed by atoms with Gasteiger partial charge in [-0.3, -0.25) is 14.6 Å². The van der Waals surface area contributed by atoms with Crippen molar-refractivity contribution in [1.82, 2.24) is 19.7 Å². The van der Waals surface area contributed by atoms with Crippen LogP contribution in [0.5, 0.6) is 0 Å². The largest absolute Gasteiger partial charge is 0.327 e. The van der Waals surface area contributed by atoms with Gasteiger partial charge >= 0.3 is 0 Å². The number of hydrogen-bond acceptors (Lipinski definition) is 4. The van der Waals surface area contributed by atoms with Gasteiger partial charge in [-0.1, -0.05) is 0 Å². The third-order valence-corrected chi connectivity index (χ3v) is 5.38. The van der Waals surface area contributed by atoms with E-state index in [4.69, 9.17) is 0 Å². The fourth-order valence-electron chi connectivity index (χ4n) is 3.91. The first-order valence-corrected chi connectivity index (χ1v) is 10.2. The van der Waals surface area contributed by atoms with E-state index in [0.717, 1.165) is 29.9 Å². The predicted molar refractivity (Wildman–Crippen MR) is 115 cm³/mol. The van der Waals surface area contributed by atoms with E-state index >= 15 is 0 Å². The molecule has 1 aliphatic rings. The molecule has 4 rings (SSSR count). The van der Waals surface area contributed by atoms with Crippen LogP contribution in [-0.2, 0) is 4.79 Å². The zero-order valence-electron chi connectivity index (χ0n) is 17.2. The van der Waals surface area contributed by atoms with E-state index in [0.29, 0.717) is 24.2 Å². The Bertz CT molecular complexity index is 1040. The van der Waals surface area contributed by atoms with Gasteiger partial charge in [0, 0.05) is 35.9 Å². The molecule has 7 nitrogen and oxygen atoms in total. The highest BCUT2D eigenvalue weighted by Gasteiger charge is 2.32. The zero-order valence-corrected chi connectivity index (χ0v) is 17.2. The number of piperidine rings is 1. The van der Waals surface area contributed by atoms with Gasteiger partial charge in [-0.25, -0.2) is 4.68 Å². The summed E-state index contributed by atoms with van der Waals surface area (Å²) in [6.45, 7) is 4.55. The van der Waals surface area contributed by atoms with Crippen molar-refractivity contribution in [3.05, 3.63) is 71.8 Å². The molecule has 0 unspecified atom stereocenters. The number of pyridine rings is 1. The molecule has 0 bridgehead atoms. The Morgan fingerprint density at radius 2 is 1.77 bits per heavy atom. The van der Waals surface area contributed by atoms with Crippen molar-refractivity contribution in [1.29, 1.82) is 0 Å². The summed E-state index contributed by atoms with van der Waals surface area (Å²) in [5, 5.41) is 7.45. The lowest BCUT2D eigenvalue weighted by atomic mass is 10.00. The van der Waals surface area contributed by atoms with Crippen LogP contribution in [0.3, 0.4) is 0 Å². The molecule has 154 valence electrons. The first-order chi connectivity index (χ1) is 14.5. The van der Waals surface area contributed by atoms with Gasteiger partial charge in [0.15, 0.2) is 0 Å². The first kappa shape index (κ1) is 19.8. The van der Waals surface area contributed by atoms with Gasteiger partial charge in [0.2, 0.25) is 5.91 Å². The fourth-order valence-corrected chi connectivity index (χ4v) is 3.91. The van der Waals surface area contributed by atoms with Gasteiger partial charge in [-0.05, 0) is 75.6 Å². The van der Waals surface area contributed by atoms with Crippen molar-refractivity contribution in [2.75, 3.05) is 11.9 Å². The van der Waals surface area contributed by atoms with E-state index in [1.54, 1.807) is 29.4 Å². The molecule has 3 aromatic rings. The minimum atomic E-state index is -0.477. The molecule has 3 heterocycles. The van der Waals surface area contributed by atoms with Crippen LogP contribution in [-0.4, -0.2) is 44.1 Å². The van der Waals surface area contributed by atoms with Crippen molar-refractivity contribution >= 4 is 17.5 Å². The van der Waals surface area contributed by atoms with Gasteiger partial charge in [0.25, 0.3) is 5.91 Å². The van der Waals surface area contributed by atoms with Crippen molar-refractivity contribution in [3.63, 3.8) is 0 Å². The highest BCUT2D eigenvalue weighted by atomic mass is 16.2. The summed E-state index contributed by atoms with van der Waals surface area (Å²) >= 11 is 0. The van der Waals surface area contributed by atoms with Gasteiger partial charge in [-0.15, -0.1) is 0 Å². The quantitative estimate of drug-likeness (QED) is 0.723. The number of aromatic nitrogens is 3. The molecule has 0 spiro atoms.